The van der Waals surface area contributed by atoms with E-state index in [9.17, 15) is 45.5 Å². The van der Waals surface area contributed by atoms with Gasteiger partial charge in [-0.25, -0.2) is 9.78 Å². The summed E-state index contributed by atoms with van der Waals surface area (Å²) in [5.41, 5.74) is -5.92. The van der Waals surface area contributed by atoms with Crippen LogP contribution in [-0.2, 0) is 27.1 Å². The highest BCUT2D eigenvalue weighted by molar-refractivity contribution is 6.04. The molecule has 0 bridgehead atoms. The molecule has 1 heterocycles. The van der Waals surface area contributed by atoms with Gasteiger partial charge in [-0.1, -0.05) is 42.5 Å². The first-order valence-corrected chi connectivity index (χ1v) is 14.0. The number of nitrogens with zero attached hydrogens (tertiary/aromatic N) is 1. The van der Waals surface area contributed by atoms with Crippen LogP contribution in [0.5, 0.6) is 0 Å². The van der Waals surface area contributed by atoms with Crippen LogP contribution in [0, 0.1) is 0 Å². The molecular formula is C31H34F6N4O6. The Hall–Kier alpha value is -4.73. The largest absolute Gasteiger partial charge is 0.444 e. The Morgan fingerprint density at radius 3 is 2.04 bits per heavy atom. The van der Waals surface area contributed by atoms with Crippen molar-refractivity contribution in [3.8, 4) is 0 Å². The van der Waals surface area contributed by atoms with Crippen molar-refractivity contribution in [2.75, 3.05) is 5.32 Å². The van der Waals surface area contributed by atoms with Crippen LogP contribution < -0.4 is 16.2 Å². The minimum atomic E-state index is -5.33. The SMILES string of the molecule is C=CCCC(=O)c1nc(C(=O)NNC(=O)C(CCC=C)(OCc2ccccc2)C(F)(F)F)c(NC(=O)OC(C)(C)C)cc1C(F)(F)F. The first kappa shape index (κ1) is 38.5. The maximum Gasteiger partial charge on any atom is 0.426 e. The molecule has 3 N–H and O–H groups in total. The van der Waals surface area contributed by atoms with Crippen LogP contribution in [0.15, 0.2) is 61.7 Å². The average Bonchev–Trinajstić information content (AvgIpc) is 2.96. The molecule has 2 aromatic rings. The number of Topliss-reactive ketones (excluding diaryl/α,β-unsaturated/α-hetero) is 1. The highest BCUT2D eigenvalue weighted by Crippen LogP contribution is 2.39. The van der Waals surface area contributed by atoms with Gasteiger partial charge in [0.05, 0.1) is 17.9 Å². The maximum atomic E-state index is 14.5. The minimum Gasteiger partial charge on any atom is -0.444 e. The third-order valence-corrected chi connectivity index (χ3v) is 6.16. The molecule has 1 aromatic heterocycles. The Bertz CT molecular complexity index is 1470. The van der Waals surface area contributed by atoms with Crippen molar-refractivity contribution in [1.29, 1.82) is 0 Å². The smallest absolute Gasteiger partial charge is 0.426 e. The van der Waals surface area contributed by atoms with E-state index in [0.717, 1.165) is 6.08 Å². The Labute approximate surface area is 266 Å². The van der Waals surface area contributed by atoms with E-state index in [1.807, 2.05) is 5.32 Å². The zero-order valence-electron chi connectivity index (χ0n) is 25.7. The fourth-order valence-electron chi connectivity index (χ4n) is 3.94. The number of nitrogens with one attached hydrogen (secondary N) is 3. The molecule has 1 atom stereocenters. The van der Waals surface area contributed by atoms with Crippen molar-refractivity contribution in [1.82, 2.24) is 15.8 Å². The summed E-state index contributed by atoms with van der Waals surface area (Å²) in [6.45, 7) is 10.4. The fourth-order valence-corrected chi connectivity index (χ4v) is 3.94. The summed E-state index contributed by atoms with van der Waals surface area (Å²) in [6.07, 6.45) is -11.3. The maximum absolute atomic E-state index is 14.5. The highest BCUT2D eigenvalue weighted by Gasteiger charge is 2.61. The number of alkyl halides is 6. The van der Waals surface area contributed by atoms with E-state index in [1.54, 1.807) is 16.9 Å². The van der Waals surface area contributed by atoms with Gasteiger partial charge in [0.1, 0.15) is 11.3 Å². The molecule has 0 aliphatic carbocycles. The number of hydrogen-bond donors (Lipinski definition) is 3. The van der Waals surface area contributed by atoms with Crippen LogP contribution in [0.3, 0.4) is 0 Å². The number of amides is 3. The number of benzene rings is 1. The number of allylic oxidation sites excluding steroid dienone is 2. The second-order valence-electron chi connectivity index (χ2n) is 11.0. The number of halogens is 6. The van der Waals surface area contributed by atoms with Crippen molar-refractivity contribution in [3.05, 3.63) is 84.2 Å². The number of rotatable bonds is 13. The quantitative estimate of drug-likeness (QED) is 0.0918. The number of carbonyl (C=O) groups is 4. The average molecular weight is 673 g/mol. The van der Waals surface area contributed by atoms with Gasteiger partial charge in [-0.3, -0.25) is 30.6 Å². The molecular weight excluding hydrogens is 638 g/mol. The lowest BCUT2D eigenvalue weighted by Gasteiger charge is -2.34. The predicted octanol–water partition coefficient (Wildman–Crippen LogP) is 6.84. The molecule has 0 aliphatic heterocycles. The van der Waals surface area contributed by atoms with Crippen LogP contribution in [-0.4, -0.2) is 46.1 Å². The van der Waals surface area contributed by atoms with E-state index in [4.69, 9.17) is 9.47 Å². The Morgan fingerprint density at radius 2 is 1.51 bits per heavy atom. The van der Waals surface area contributed by atoms with Crippen LogP contribution >= 0.6 is 0 Å². The van der Waals surface area contributed by atoms with Gasteiger partial charge in [0.15, 0.2) is 11.5 Å². The molecule has 0 radical (unpaired) electrons. The summed E-state index contributed by atoms with van der Waals surface area (Å²) < 4.78 is 95.6. The van der Waals surface area contributed by atoms with E-state index in [1.165, 1.54) is 51.1 Å². The molecule has 1 unspecified atom stereocenters. The number of carbonyl (C=O) groups excluding carboxylic acids is 4. The number of pyridine rings is 1. The molecule has 0 saturated heterocycles. The Kier molecular flexibility index (Phi) is 12.9. The Morgan fingerprint density at radius 1 is 0.894 bits per heavy atom. The van der Waals surface area contributed by atoms with E-state index in [2.05, 4.69) is 18.1 Å². The summed E-state index contributed by atoms with van der Waals surface area (Å²) in [4.78, 5) is 55.1. The fraction of sp³-hybridized carbons (Fsp3) is 0.387. The number of hydrazine groups is 1. The molecule has 10 nitrogen and oxygen atoms in total. The molecule has 0 aliphatic rings. The molecule has 47 heavy (non-hydrogen) atoms. The highest BCUT2D eigenvalue weighted by atomic mass is 19.4. The van der Waals surface area contributed by atoms with Crippen molar-refractivity contribution in [2.45, 2.75) is 76.6 Å². The van der Waals surface area contributed by atoms with Crippen molar-refractivity contribution in [3.63, 3.8) is 0 Å². The Balaban J connectivity index is 2.56. The molecule has 2 rings (SSSR count). The number of anilines is 1. The number of hydrogen-bond acceptors (Lipinski definition) is 7. The molecule has 256 valence electrons. The van der Waals surface area contributed by atoms with E-state index >= 15 is 0 Å². The lowest BCUT2D eigenvalue weighted by atomic mass is 9.95. The lowest BCUT2D eigenvalue weighted by Crippen LogP contribution is -2.61. The van der Waals surface area contributed by atoms with Gasteiger partial charge in [-0.05, 0) is 51.7 Å². The van der Waals surface area contributed by atoms with Crippen LogP contribution in [0.1, 0.15) is 78.6 Å². The number of ether oxygens (including phenoxy) is 2. The molecule has 0 fully saturated rings. The minimum absolute atomic E-state index is 0.0550. The number of aromatic nitrogens is 1. The van der Waals surface area contributed by atoms with Gasteiger partial charge >= 0.3 is 18.4 Å². The van der Waals surface area contributed by atoms with Gasteiger partial charge in [0.2, 0.25) is 5.60 Å². The zero-order valence-corrected chi connectivity index (χ0v) is 25.7. The second-order valence-corrected chi connectivity index (χ2v) is 11.0. The molecule has 3 amide bonds. The molecule has 1 aromatic carbocycles. The molecule has 0 spiro atoms. The van der Waals surface area contributed by atoms with Gasteiger partial charge in [0, 0.05) is 6.42 Å². The predicted molar refractivity (Wildman–Crippen MR) is 158 cm³/mol. The molecule has 0 saturated carbocycles. The third-order valence-electron chi connectivity index (χ3n) is 6.16. The van der Waals surface area contributed by atoms with Crippen LogP contribution in [0.4, 0.5) is 36.8 Å². The van der Waals surface area contributed by atoms with E-state index < -0.39 is 89.3 Å². The van der Waals surface area contributed by atoms with Crippen LogP contribution in [0.2, 0.25) is 0 Å². The zero-order chi connectivity index (χ0) is 35.6. The van der Waals surface area contributed by atoms with E-state index in [-0.39, 0.29) is 24.5 Å². The van der Waals surface area contributed by atoms with Gasteiger partial charge in [0.25, 0.3) is 11.8 Å². The summed E-state index contributed by atoms with van der Waals surface area (Å²) >= 11 is 0. The van der Waals surface area contributed by atoms with Crippen molar-refractivity contribution < 1.29 is 55.0 Å². The number of ketones is 1. The summed E-state index contributed by atoms with van der Waals surface area (Å²) in [7, 11) is 0. The molecule has 16 heteroatoms. The van der Waals surface area contributed by atoms with Gasteiger partial charge in [-0.15, -0.1) is 13.2 Å². The standard InChI is InChI=1S/C31H34F6N4O6/c1-6-8-15-22(42)23-20(30(32,33)34)17-21(38-27(45)47-28(3,4)5)24(39-23)25(43)40-41-26(44)29(16-9-7-2,31(35,36)37)46-18-19-13-11-10-12-14-19/h6-7,10-14,17H,1-2,8-9,15-16,18H2,3-5H3,(H,38,45)(H,40,43)(H,41,44). The van der Waals surface area contributed by atoms with Gasteiger partial charge in [-0.2, -0.15) is 26.3 Å². The first-order chi connectivity index (χ1) is 21.8. The monoisotopic (exact) mass is 672 g/mol. The van der Waals surface area contributed by atoms with Crippen molar-refractivity contribution >= 4 is 29.4 Å². The van der Waals surface area contributed by atoms with Crippen molar-refractivity contribution in [2.24, 2.45) is 0 Å². The lowest BCUT2D eigenvalue weighted by molar-refractivity contribution is -0.273. The van der Waals surface area contributed by atoms with Crippen LogP contribution in [0.25, 0.3) is 0 Å². The summed E-state index contributed by atoms with van der Waals surface area (Å²) in [5.74, 6) is -4.63. The summed E-state index contributed by atoms with van der Waals surface area (Å²) in [5, 5.41) is 1.94. The third kappa shape index (κ3) is 10.7. The summed E-state index contributed by atoms with van der Waals surface area (Å²) in [6, 6.07) is 7.85. The first-order valence-electron chi connectivity index (χ1n) is 14.0. The van der Waals surface area contributed by atoms with E-state index in [0.29, 0.717) is 0 Å². The second kappa shape index (κ2) is 15.7. The topological polar surface area (TPSA) is 136 Å². The van der Waals surface area contributed by atoms with Gasteiger partial charge < -0.3 is 9.47 Å². The normalized spacial score (nSPS) is 13.1.